The Balaban J connectivity index is 2.69. The monoisotopic (exact) mass is 262 g/mol. The van der Waals surface area contributed by atoms with Crippen LogP contribution in [-0.2, 0) is 15.8 Å². The third kappa shape index (κ3) is 4.45. The smallest absolute Gasteiger partial charge is 0.217 e. The molecule has 7 heteroatoms. The first-order valence-corrected chi connectivity index (χ1v) is 7.02. The highest BCUT2D eigenvalue weighted by atomic mass is 32.2. The highest BCUT2D eigenvalue weighted by Crippen LogP contribution is 2.08. The first-order valence-electron chi connectivity index (χ1n) is 5.37. The minimum atomic E-state index is -3.51. The van der Waals surface area contributed by atoms with Crippen LogP contribution in [0.3, 0.4) is 0 Å². The van der Waals surface area contributed by atoms with E-state index in [0.29, 0.717) is 11.5 Å². The quantitative estimate of drug-likeness (QED) is 0.775. The molecule has 0 aliphatic rings. The Morgan fingerprint density at radius 2 is 2.18 bits per heavy atom. The second kappa shape index (κ2) is 5.61. The summed E-state index contributed by atoms with van der Waals surface area (Å²) in [7, 11) is -3.51. The van der Waals surface area contributed by atoms with Gasteiger partial charge in [0.15, 0.2) is 0 Å². The molecule has 0 aromatic carbocycles. The van der Waals surface area contributed by atoms with E-state index in [9.17, 15) is 8.42 Å². The van der Waals surface area contributed by atoms with Crippen LogP contribution in [0.25, 0.3) is 0 Å². The van der Waals surface area contributed by atoms with Crippen LogP contribution in [0, 0.1) is 12.8 Å². The molecule has 1 aromatic rings. The first-order chi connectivity index (χ1) is 7.84. The summed E-state index contributed by atoms with van der Waals surface area (Å²) < 4.78 is 30.8. The van der Waals surface area contributed by atoms with Gasteiger partial charge in [-0.2, -0.15) is 0 Å². The second-order valence-electron chi connectivity index (χ2n) is 4.34. The van der Waals surface area contributed by atoms with Gasteiger partial charge in [0.1, 0.15) is 17.2 Å². The number of aliphatic hydroxyl groups is 1. The fourth-order valence-corrected chi connectivity index (χ4v) is 2.75. The van der Waals surface area contributed by atoms with Crippen LogP contribution < -0.4 is 4.72 Å². The van der Waals surface area contributed by atoms with Crippen molar-refractivity contribution in [3.8, 4) is 0 Å². The Morgan fingerprint density at radius 3 is 2.59 bits per heavy atom. The molecule has 0 unspecified atom stereocenters. The van der Waals surface area contributed by atoms with E-state index in [1.807, 2.05) is 13.8 Å². The first kappa shape index (κ1) is 14.1. The Kier molecular flexibility index (Phi) is 4.67. The maximum atomic E-state index is 11.8. The standard InChI is InChI=1S/C10H18N2O4S/c1-7(2)10(5-13)12-17(14,15)6-9-4-8(3)16-11-9/h4,7,10,12-13H,5-6H2,1-3H3/t10-/m1/s1. The SMILES string of the molecule is Cc1cc(CS(=O)(=O)N[C@H](CO)C(C)C)no1. The van der Waals surface area contributed by atoms with Crippen LogP contribution in [0.15, 0.2) is 10.6 Å². The van der Waals surface area contributed by atoms with Gasteiger partial charge >= 0.3 is 0 Å². The number of nitrogens with one attached hydrogen (secondary N) is 1. The molecule has 0 aliphatic heterocycles. The summed E-state index contributed by atoms with van der Waals surface area (Å²) in [6.07, 6.45) is 0. The predicted octanol–water partition coefficient (Wildman–Crippen LogP) is 0.419. The number of aromatic nitrogens is 1. The van der Waals surface area contributed by atoms with Crippen molar-refractivity contribution in [2.24, 2.45) is 5.92 Å². The molecule has 2 N–H and O–H groups in total. The fourth-order valence-electron chi connectivity index (χ4n) is 1.34. The summed E-state index contributed by atoms with van der Waals surface area (Å²) >= 11 is 0. The Bertz CT molecular complexity index is 453. The van der Waals surface area contributed by atoms with E-state index in [-0.39, 0.29) is 18.3 Å². The Hall–Kier alpha value is -0.920. The maximum Gasteiger partial charge on any atom is 0.217 e. The lowest BCUT2D eigenvalue weighted by molar-refractivity contribution is 0.227. The molecule has 0 fully saturated rings. The third-order valence-electron chi connectivity index (χ3n) is 2.35. The van der Waals surface area contributed by atoms with E-state index >= 15 is 0 Å². The number of hydrogen-bond donors (Lipinski definition) is 2. The van der Waals surface area contributed by atoms with Gasteiger partial charge < -0.3 is 9.63 Å². The molecule has 6 nitrogen and oxygen atoms in total. The topological polar surface area (TPSA) is 92.4 Å². The van der Waals surface area contributed by atoms with Crippen molar-refractivity contribution in [2.75, 3.05) is 6.61 Å². The Morgan fingerprint density at radius 1 is 1.53 bits per heavy atom. The van der Waals surface area contributed by atoms with Crippen molar-refractivity contribution in [3.05, 3.63) is 17.5 Å². The van der Waals surface area contributed by atoms with Crippen LogP contribution in [0.1, 0.15) is 25.3 Å². The zero-order valence-electron chi connectivity index (χ0n) is 10.2. The lowest BCUT2D eigenvalue weighted by Gasteiger charge is -2.19. The van der Waals surface area contributed by atoms with Crippen molar-refractivity contribution in [3.63, 3.8) is 0 Å². The van der Waals surface area contributed by atoms with Gasteiger partial charge in [-0.3, -0.25) is 0 Å². The third-order valence-corrected chi connectivity index (χ3v) is 3.68. The molecule has 0 spiro atoms. The van der Waals surface area contributed by atoms with Gasteiger partial charge in [-0.05, 0) is 12.8 Å². The molecule has 0 saturated heterocycles. The van der Waals surface area contributed by atoms with E-state index < -0.39 is 16.1 Å². The van der Waals surface area contributed by atoms with Crippen molar-refractivity contribution >= 4 is 10.0 Å². The number of sulfonamides is 1. The molecule has 1 rings (SSSR count). The number of rotatable bonds is 6. The normalized spacial score (nSPS) is 14.2. The van der Waals surface area contributed by atoms with Gasteiger partial charge in [0.2, 0.25) is 10.0 Å². The summed E-state index contributed by atoms with van der Waals surface area (Å²) in [5, 5.41) is 12.7. The minimum Gasteiger partial charge on any atom is -0.395 e. The van der Waals surface area contributed by atoms with Gasteiger partial charge in [0.25, 0.3) is 0 Å². The van der Waals surface area contributed by atoms with Gasteiger partial charge in [-0.25, -0.2) is 13.1 Å². The van der Waals surface area contributed by atoms with E-state index in [1.165, 1.54) is 0 Å². The van der Waals surface area contributed by atoms with Gasteiger partial charge in [0.05, 0.1) is 6.61 Å². The van der Waals surface area contributed by atoms with E-state index in [1.54, 1.807) is 13.0 Å². The molecule has 1 heterocycles. The molecule has 98 valence electrons. The predicted molar refractivity (Wildman–Crippen MR) is 62.7 cm³/mol. The highest BCUT2D eigenvalue weighted by molar-refractivity contribution is 7.88. The summed E-state index contributed by atoms with van der Waals surface area (Å²) in [6.45, 7) is 5.14. The van der Waals surface area contributed by atoms with Gasteiger partial charge in [-0.1, -0.05) is 19.0 Å². The summed E-state index contributed by atoms with van der Waals surface area (Å²) in [5.74, 6) is 0.347. The highest BCUT2D eigenvalue weighted by Gasteiger charge is 2.21. The van der Waals surface area contributed by atoms with Crippen LogP contribution in [0.2, 0.25) is 0 Å². The lowest BCUT2D eigenvalue weighted by atomic mass is 10.1. The van der Waals surface area contributed by atoms with Crippen molar-refractivity contribution in [2.45, 2.75) is 32.6 Å². The molecule has 0 amide bonds. The zero-order valence-corrected chi connectivity index (χ0v) is 11.0. The Labute approximate surface area is 101 Å². The molecule has 17 heavy (non-hydrogen) atoms. The van der Waals surface area contributed by atoms with Crippen molar-refractivity contribution in [1.82, 2.24) is 9.88 Å². The average molecular weight is 262 g/mol. The van der Waals surface area contributed by atoms with Gasteiger partial charge in [0, 0.05) is 12.1 Å². The lowest BCUT2D eigenvalue weighted by Crippen LogP contribution is -2.41. The van der Waals surface area contributed by atoms with Gasteiger partial charge in [-0.15, -0.1) is 0 Å². The summed E-state index contributed by atoms with van der Waals surface area (Å²) in [6, 6.07) is 1.09. The molecule has 0 aliphatic carbocycles. The molecular weight excluding hydrogens is 244 g/mol. The van der Waals surface area contributed by atoms with Crippen LogP contribution in [-0.4, -0.2) is 31.3 Å². The number of hydrogen-bond acceptors (Lipinski definition) is 5. The number of nitrogens with zero attached hydrogens (tertiary/aromatic N) is 1. The summed E-state index contributed by atoms with van der Waals surface area (Å²) in [5.41, 5.74) is 0.357. The zero-order chi connectivity index (χ0) is 13.1. The number of aliphatic hydroxyl groups excluding tert-OH is 1. The summed E-state index contributed by atoms with van der Waals surface area (Å²) in [4.78, 5) is 0. The number of aryl methyl sites for hydroxylation is 1. The molecule has 0 radical (unpaired) electrons. The molecule has 1 atom stereocenters. The van der Waals surface area contributed by atoms with Crippen LogP contribution in [0.5, 0.6) is 0 Å². The average Bonchev–Trinajstić information content (AvgIpc) is 2.59. The fraction of sp³-hybridized carbons (Fsp3) is 0.700. The maximum absolute atomic E-state index is 11.8. The van der Waals surface area contributed by atoms with Crippen LogP contribution >= 0.6 is 0 Å². The largest absolute Gasteiger partial charge is 0.395 e. The molecule has 0 saturated carbocycles. The minimum absolute atomic E-state index is 0.0221. The van der Waals surface area contributed by atoms with Crippen LogP contribution in [0.4, 0.5) is 0 Å². The molecule has 1 aromatic heterocycles. The second-order valence-corrected chi connectivity index (χ2v) is 6.09. The van der Waals surface area contributed by atoms with Crippen molar-refractivity contribution in [1.29, 1.82) is 0 Å². The molecule has 0 bridgehead atoms. The molecular formula is C10H18N2O4S. The van der Waals surface area contributed by atoms with E-state index in [4.69, 9.17) is 9.63 Å². The van der Waals surface area contributed by atoms with Crippen molar-refractivity contribution < 1.29 is 18.0 Å². The van der Waals surface area contributed by atoms with E-state index in [0.717, 1.165) is 0 Å². The van der Waals surface area contributed by atoms with E-state index in [2.05, 4.69) is 9.88 Å².